The molecule has 0 bridgehead atoms. The van der Waals surface area contributed by atoms with Crippen LogP contribution in [0.5, 0.6) is 0 Å². The fourth-order valence-corrected chi connectivity index (χ4v) is 3.87. The van der Waals surface area contributed by atoms with Crippen LogP contribution in [0, 0.1) is 5.82 Å². The first-order valence-corrected chi connectivity index (χ1v) is 7.40. The second-order valence-electron chi connectivity index (χ2n) is 4.06. The van der Waals surface area contributed by atoms with Crippen molar-refractivity contribution in [1.82, 2.24) is 4.31 Å². The number of sulfonamides is 1. The highest BCUT2D eigenvalue weighted by Gasteiger charge is 2.27. The number of hydrogen-bond donors (Lipinski definition) is 0. The van der Waals surface area contributed by atoms with Crippen molar-refractivity contribution in [2.24, 2.45) is 0 Å². The average molecular weight is 278 g/mol. The van der Waals surface area contributed by atoms with E-state index in [2.05, 4.69) is 0 Å². The van der Waals surface area contributed by atoms with Gasteiger partial charge in [-0.05, 0) is 25.0 Å². The Labute approximate surface area is 105 Å². The van der Waals surface area contributed by atoms with E-state index in [0.29, 0.717) is 13.1 Å². The molecule has 94 valence electrons. The zero-order valence-electron chi connectivity index (χ0n) is 9.20. The Balaban J connectivity index is 2.26. The van der Waals surface area contributed by atoms with Gasteiger partial charge in [-0.25, -0.2) is 17.1 Å². The third-order valence-electron chi connectivity index (χ3n) is 2.85. The van der Waals surface area contributed by atoms with Gasteiger partial charge in [-0.15, -0.1) is 0 Å². The van der Waals surface area contributed by atoms with Crippen LogP contribution in [0.2, 0.25) is 5.02 Å². The second kappa shape index (κ2) is 4.92. The average Bonchev–Trinajstić information content (AvgIpc) is 2.77. The summed E-state index contributed by atoms with van der Waals surface area (Å²) >= 11 is 5.82. The van der Waals surface area contributed by atoms with E-state index in [-0.39, 0.29) is 16.3 Å². The lowest BCUT2D eigenvalue weighted by atomic mass is 10.2. The molecule has 0 aliphatic carbocycles. The highest BCUT2D eigenvalue weighted by Crippen LogP contribution is 2.24. The van der Waals surface area contributed by atoms with Crippen LogP contribution in [0.4, 0.5) is 4.39 Å². The fourth-order valence-electron chi connectivity index (χ4n) is 1.91. The summed E-state index contributed by atoms with van der Waals surface area (Å²) in [6.07, 6.45) is 1.73. The predicted molar refractivity (Wildman–Crippen MR) is 64.8 cm³/mol. The Morgan fingerprint density at radius 2 is 1.94 bits per heavy atom. The van der Waals surface area contributed by atoms with E-state index >= 15 is 0 Å². The molecule has 0 radical (unpaired) electrons. The monoisotopic (exact) mass is 277 g/mol. The van der Waals surface area contributed by atoms with Crippen LogP contribution in [-0.2, 0) is 15.8 Å². The molecule has 17 heavy (non-hydrogen) atoms. The van der Waals surface area contributed by atoms with E-state index in [1.807, 2.05) is 0 Å². The fraction of sp³-hybridized carbons (Fsp3) is 0.455. The third-order valence-corrected chi connectivity index (χ3v) is 5.01. The van der Waals surface area contributed by atoms with Crippen LogP contribution in [-0.4, -0.2) is 25.8 Å². The zero-order chi connectivity index (χ0) is 12.5. The number of benzene rings is 1. The van der Waals surface area contributed by atoms with Crippen LogP contribution in [0.25, 0.3) is 0 Å². The molecule has 0 amide bonds. The number of halogens is 2. The molecule has 0 spiro atoms. The van der Waals surface area contributed by atoms with Gasteiger partial charge in [0.1, 0.15) is 5.82 Å². The standard InChI is InChI=1S/C11H13ClFNO2S/c12-10-4-3-5-11(13)9(10)8-17(15,16)14-6-1-2-7-14/h3-5H,1-2,6-8H2. The van der Waals surface area contributed by atoms with Crippen molar-refractivity contribution >= 4 is 21.6 Å². The Morgan fingerprint density at radius 1 is 1.29 bits per heavy atom. The topological polar surface area (TPSA) is 37.4 Å². The molecule has 0 saturated carbocycles. The van der Waals surface area contributed by atoms with Crippen LogP contribution >= 0.6 is 11.6 Å². The summed E-state index contributed by atoms with van der Waals surface area (Å²) < 4.78 is 38.9. The van der Waals surface area contributed by atoms with Gasteiger partial charge in [0.15, 0.2) is 0 Å². The van der Waals surface area contributed by atoms with Gasteiger partial charge in [0.25, 0.3) is 0 Å². The first-order valence-electron chi connectivity index (χ1n) is 5.41. The first kappa shape index (κ1) is 12.8. The molecular formula is C11H13ClFNO2S. The lowest BCUT2D eigenvalue weighted by Crippen LogP contribution is -2.29. The van der Waals surface area contributed by atoms with Crippen LogP contribution in [0.1, 0.15) is 18.4 Å². The molecule has 6 heteroatoms. The van der Waals surface area contributed by atoms with Gasteiger partial charge in [-0.3, -0.25) is 0 Å². The molecule has 0 unspecified atom stereocenters. The highest BCUT2D eigenvalue weighted by molar-refractivity contribution is 7.88. The number of nitrogens with zero attached hydrogens (tertiary/aromatic N) is 1. The Kier molecular flexibility index (Phi) is 3.70. The van der Waals surface area contributed by atoms with Crippen molar-refractivity contribution in [3.05, 3.63) is 34.6 Å². The minimum atomic E-state index is -3.45. The van der Waals surface area contributed by atoms with E-state index < -0.39 is 15.8 Å². The second-order valence-corrected chi connectivity index (χ2v) is 6.44. The maximum atomic E-state index is 13.5. The minimum Gasteiger partial charge on any atom is -0.212 e. The highest BCUT2D eigenvalue weighted by atomic mass is 35.5. The first-order chi connectivity index (χ1) is 8.00. The summed E-state index contributed by atoms with van der Waals surface area (Å²) in [7, 11) is -3.45. The van der Waals surface area contributed by atoms with Gasteiger partial charge in [0.05, 0.1) is 5.75 Å². The maximum Gasteiger partial charge on any atom is 0.218 e. The lowest BCUT2D eigenvalue weighted by molar-refractivity contribution is 0.475. The summed E-state index contributed by atoms with van der Waals surface area (Å²) in [4.78, 5) is 0. The van der Waals surface area contributed by atoms with Crippen LogP contribution < -0.4 is 0 Å². The number of hydrogen-bond acceptors (Lipinski definition) is 2. The summed E-state index contributed by atoms with van der Waals surface area (Å²) in [6.45, 7) is 1.04. The van der Waals surface area contributed by atoms with E-state index in [1.54, 1.807) is 0 Å². The van der Waals surface area contributed by atoms with Crippen molar-refractivity contribution in [2.75, 3.05) is 13.1 Å². The van der Waals surface area contributed by atoms with Crippen molar-refractivity contribution in [2.45, 2.75) is 18.6 Å². The van der Waals surface area contributed by atoms with E-state index in [9.17, 15) is 12.8 Å². The third kappa shape index (κ3) is 2.78. The maximum absolute atomic E-state index is 13.5. The van der Waals surface area contributed by atoms with Gasteiger partial charge < -0.3 is 0 Å². The quantitative estimate of drug-likeness (QED) is 0.851. The predicted octanol–water partition coefficient (Wildman–Crippen LogP) is 2.40. The zero-order valence-corrected chi connectivity index (χ0v) is 10.8. The van der Waals surface area contributed by atoms with Crippen LogP contribution in [0.15, 0.2) is 18.2 Å². The largest absolute Gasteiger partial charge is 0.218 e. The summed E-state index contributed by atoms with van der Waals surface area (Å²) in [5, 5.41) is 0.160. The van der Waals surface area contributed by atoms with E-state index in [0.717, 1.165) is 12.8 Å². The molecule has 3 nitrogen and oxygen atoms in total. The molecule has 1 aromatic carbocycles. The molecule has 0 aromatic heterocycles. The Bertz CT molecular complexity index is 492. The normalized spacial score (nSPS) is 17.5. The van der Waals surface area contributed by atoms with Crippen molar-refractivity contribution in [3.63, 3.8) is 0 Å². The smallest absolute Gasteiger partial charge is 0.212 e. The molecular weight excluding hydrogens is 265 g/mol. The SMILES string of the molecule is O=S(=O)(Cc1c(F)cccc1Cl)N1CCCC1. The molecule has 0 N–H and O–H groups in total. The van der Waals surface area contributed by atoms with Gasteiger partial charge in [0.2, 0.25) is 10.0 Å². The summed E-state index contributed by atoms with van der Waals surface area (Å²) in [6, 6.07) is 4.18. The minimum absolute atomic E-state index is 0.0565. The lowest BCUT2D eigenvalue weighted by Gasteiger charge is -2.16. The van der Waals surface area contributed by atoms with Gasteiger partial charge in [-0.2, -0.15) is 0 Å². The van der Waals surface area contributed by atoms with Gasteiger partial charge >= 0.3 is 0 Å². The van der Waals surface area contributed by atoms with Crippen molar-refractivity contribution < 1.29 is 12.8 Å². The molecule has 1 aliphatic rings. The molecule has 1 aromatic rings. The van der Waals surface area contributed by atoms with Crippen LogP contribution in [0.3, 0.4) is 0 Å². The summed E-state index contributed by atoms with van der Waals surface area (Å²) in [5.41, 5.74) is 0.0565. The Hall–Kier alpha value is -0.650. The molecule has 1 saturated heterocycles. The van der Waals surface area contributed by atoms with Gasteiger partial charge in [0, 0.05) is 23.7 Å². The van der Waals surface area contributed by atoms with Gasteiger partial charge in [-0.1, -0.05) is 17.7 Å². The molecule has 1 heterocycles. The van der Waals surface area contributed by atoms with Crippen molar-refractivity contribution in [3.8, 4) is 0 Å². The Morgan fingerprint density at radius 3 is 2.53 bits per heavy atom. The molecule has 1 aliphatic heterocycles. The van der Waals surface area contributed by atoms with E-state index in [4.69, 9.17) is 11.6 Å². The summed E-state index contributed by atoms with van der Waals surface area (Å²) in [5.74, 6) is -0.932. The number of rotatable bonds is 3. The molecule has 0 atom stereocenters. The molecule has 1 fully saturated rings. The van der Waals surface area contributed by atoms with E-state index in [1.165, 1.54) is 22.5 Å². The molecule has 2 rings (SSSR count). The van der Waals surface area contributed by atoms with Crippen molar-refractivity contribution in [1.29, 1.82) is 0 Å².